The van der Waals surface area contributed by atoms with Crippen LogP contribution in [0.5, 0.6) is 0 Å². The summed E-state index contributed by atoms with van der Waals surface area (Å²) in [5.41, 5.74) is 0. The number of rotatable bonds is 49. The molecule has 1 unspecified atom stereocenters. The van der Waals surface area contributed by atoms with Crippen molar-refractivity contribution in [3.63, 3.8) is 0 Å². The maximum atomic E-state index is 12.8. The maximum absolute atomic E-state index is 12.8. The van der Waals surface area contributed by atoms with E-state index in [1.165, 1.54) is 103 Å². The molecule has 0 heterocycles. The van der Waals surface area contributed by atoms with E-state index in [1.54, 1.807) is 0 Å². The van der Waals surface area contributed by atoms with E-state index in [9.17, 15) is 14.4 Å². The van der Waals surface area contributed by atoms with Gasteiger partial charge in [-0.1, -0.05) is 254 Å². The van der Waals surface area contributed by atoms with Gasteiger partial charge in [-0.25, -0.2) is 0 Å². The lowest BCUT2D eigenvalue weighted by molar-refractivity contribution is -0.167. The maximum Gasteiger partial charge on any atom is 0.306 e. The van der Waals surface area contributed by atoms with Crippen LogP contribution in [0.1, 0.15) is 258 Å². The van der Waals surface area contributed by atoms with Crippen LogP contribution in [-0.4, -0.2) is 37.2 Å². The molecule has 0 radical (unpaired) electrons. The van der Waals surface area contributed by atoms with Crippen LogP contribution in [0.4, 0.5) is 0 Å². The Morgan fingerprint density at radius 1 is 0.333 bits per heavy atom. The van der Waals surface area contributed by atoms with E-state index in [2.05, 4.69) is 87.6 Å². The van der Waals surface area contributed by atoms with E-state index in [4.69, 9.17) is 14.2 Å². The lowest BCUT2D eigenvalue weighted by Gasteiger charge is -2.18. The molecule has 0 aliphatic heterocycles. The largest absolute Gasteiger partial charge is 0.462 e. The summed E-state index contributed by atoms with van der Waals surface area (Å²) in [7, 11) is 0. The number of carbonyl (C=O) groups is 3. The van der Waals surface area contributed by atoms with E-state index in [0.29, 0.717) is 19.3 Å². The highest BCUT2D eigenvalue weighted by Gasteiger charge is 2.19. The molecule has 378 valence electrons. The fraction of sp³-hybridized carbons (Fsp3) is 0.717. The first-order valence-electron chi connectivity index (χ1n) is 27.6. The molecule has 0 fully saturated rings. The number of hydrogen-bond donors (Lipinski definition) is 0. The first-order chi connectivity index (χ1) is 32.5. The van der Waals surface area contributed by atoms with Crippen LogP contribution < -0.4 is 0 Å². The van der Waals surface area contributed by atoms with Gasteiger partial charge in [-0.2, -0.15) is 0 Å². The second kappa shape index (κ2) is 54.2. The second-order valence-electron chi connectivity index (χ2n) is 18.2. The SMILES string of the molecule is CC\C=C/C=C\C=C/C=C\CCCCCCCC(=O)OC(COC(=O)CCCCCC/C=C\C/C=C\C/C=C\CC)COC(=O)CCCCCCCCCCCCCCCCCCCCC. The van der Waals surface area contributed by atoms with Crippen LogP contribution >= 0.6 is 0 Å². The van der Waals surface area contributed by atoms with Crippen LogP contribution in [0.25, 0.3) is 0 Å². The average Bonchev–Trinajstić information content (AvgIpc) is 3.31. The Labute approximate surface area is 407 Å². The van der Waals surface area contributed by atoms with Crippen molar-refractivity contribution < 1.29 is 28.6 Å². The quantitative estimate of drug-likeness (QED) is 0.0199. The lowest BCUT2D eigenvalue weighted by Crippen LogP contribution is -2.30. The predicted octanol–water partition coefficient (Wildman–Crippen LogP) is 18.4. The standard InChI is InChI=1S/C60H102O6/c1-4-7-10-13-16-19-22-25-28-29-30-31-33-35-38-41-44-47-50-53-59(62)65-56-57(55-64-58(61)52-49-46-43-40-37-34-27-24-21-18-15-12-9-6-3)66-60(63)54-51-48-45-42-39-36-32-26-23-20-17-14-11-8-5-2/h8-9,11-12,14,17-18,20-21,23,26-27,32,34,57H,4-7,10,13,15-16,19,22,24-25,28-31,33,35-56H2,1-3H3/b11-8-,12-9-,17-14-,21-18-,23-20-,32-26-,34-27-. The van der Waals surface area contributed by atoms with Gasteiger partial charge in [-0.05, 0) is 70.6 Å². The summed E-state index contributed by atoms with van der Waals surface area (Å²) in [4.78, 5) is 38.1. The van der Waals surface area contributed by atoms with Gasteiger partial charge >= 0.3 is 17.9 Å². The molecule has 0 spiro atoms. The summed E-state index contributed by atoms with van der Waals surface area (Å²) < 4.78 is 16.8. The zero-order valence-electron chi connectivity index (χ0n) is 43.2. The fourth-order valence-corrected chi connectivity index (χ4v) is 7.64. The molecule has 0 aromatic heterocycles. The fourth-order valence-electron chi connectivity index (χ4n) is 7.64. The van der Waals surface area contributed by atoms with Gasteiger partial charge in [0.05, 0.1) is 0 Å². The molecule has 0 N–H and O–H groups in total. The van der Waals surface area contributed by atoms with E-state index >= 15 is 0 Å². The zero-order valence-corrected chi connectivity index (χ0v) is 43.2. The van der Waals surface area contributed by atoms with Crippen LogP contribution in [0.15, 0.2) is 85.1 Å². The summed E-state index contributed by atoms with van der Waals surface area (Å²) in [6, 6.07) is 0. The smallest absolute Gasteiger partial charge is 0.306 e. The summed E-state index contributed by atoms with van der Waals surface area (Å²) in [5, 5.41) is 0. The minimum absolute atomic E-state index is 0.0922. The summed E-state index contributed by atoms with van der Waals surface area (Å²) >= 11 is 0. The minimum atomic E-state index is -0.797. The Morgan fingerprint density at radius 2 is 0.667 bits per heavy atom. The Kier molecular flexibility index (Phi) is 51.4. The van der Waals surface area contributed by atoms with Crippen molar-refractivity contribution in [3.8, 4) is 0 Å². The van der Waals surface area contributed by atoms with Gasteiger partial charge in [0.15, 0.2) is 6.10 Å². The second-order valence-corrected chi connectivity index (χ2v) is 18.2. The molecule has 0 aromatic rings. The van der Waals surface area contributed by atoms with Gasteiger partial charge < -0.3 is 14.2 Å². The summed E-state index contributed by atoms with van der Waals surface area (Å²) in [5.74, 6) is -0.934. The molecule has 0 aromatic carbocycles. The average molecular weight is 919 g/mol. The Bertz CT molecular complexity index is 1290. The topological polar surface area (TPSA) is 78.9 Å². The lowest BCUT2D eigenvalue weighted by atomic mass is 10.0. The number of hydrogen-bond acceptors (Lipinski definition) is 6. The molecule has 0 aliphatic carbocycles. The molecule has 0 aliphatic rings. The molecule has 6 heteroatoms. The molecular weight excluding hydrogens is 817 g/mol. The Morgan fingerprint density at radius 3 is 1.11 bits per heavy atom. The van der Waals surface area contributed by atoms with Crippen LogP contribution in [0, 0.1) is 0 Å². The van der Waals surface area contributed by atoms with Gasteiger partial charge in [0, 0.05) is 19.3 Å². The minimum Gasteiger partial charge on any atom is -0.462 e. The summed E-state index contributed by atoms with van der Waals surface area (Å²) in [6.45, 7) is 6.36. The molecule has 0 bridgehead atoms. The van der Waals surface area contributed by atoms with Crippen molar-refractivity contribution >= 4 is 17.9 Å². The van der Waals surface area contributed by atoms with E-state index in [0.717, 1.165) is 116 Å². The number of ether oxygens (including phenoxy) is 3. The van der Waals surface area contributed by atoms with Crippen LogP contribution in [0.3, 0.4) is 0 Å². The van der Waals surface area contributed by atoms with Crippen molar-refractivity contribution in [1.82, 2.24) is 0 Å². The molecule has 0 rings (SSSR count). The third kappa shape index (κ3) is 51.6. The number of unbranched alkanes of at least 4 members (excludes halogenated alkanes) is 27. The zero-order chi connectivity index (χ0) is 47.9. The first kappa shape index (κ1) is 62.6. The Hall–Kier alpha value is -3.41. The third-order valence-corrected chi connectivity index (χ3v) is 11.7. The van der Waals surface area contributed by atoms with Crippen molar-refractivity contribution in [2.45, 2.75) is 264 Å². The highest BCUT2D eigenvalue weighted by atomic mass is 16.6. The Balaban J connectivity index is 4.40. The first-order valence-corrected chi connectivity index (χ1v) is 27.6. The highest BCUT2D eigenvalue weighted by molar-refractivity contribution is 5.71. The number of carbonyl (C=O) groups excluding carboxylic acids is 3. The predicted molar refractivity (Wildman–Crippen MR) is 284 cm³/mol. The van der Waals surface area contributed by atoms with Crippen LogP contribution in [0.2, 0.25) is 0 Å². The summed E-state index contributed by atoms with van der Waals surface area (Å²) in [6.07, 6.45) is 70.0. The van der Waals surface area contributed by atoms with Gasteiger partial charge in [-0.3, -0.25) is 14.4 Å². The van der Waals surface area contributed by atoms with Gasteiger partial charge in [0.1, 0.15) is 13.2 Å². The van der Waals surface area contributed by atoms with Crippen LogP contribution in [-0.2, 0) is 28.6 Å². The van der Waals surface area contributed by atoms with Crippen molar-refractivity contribution in [2.24, 2.45) is 0 Å². The highest BCUT2D eigenvalue weighted by Crippen LogP contribution is 2.16. The van der Waals surface area contributed by atoms with Gasteiger partial charge in [0.25, 0.3) is 0 Å². The monoisotopic (exact) mass is 919 g/mol. The molecule has 0 saturated heterocycles. The van der Waals surface area contributed by atoms with Gasteiger partial charge in [-0.15, -0.1) is 0 Å². The molecule has 6 nitrogen and oxygen atoms in total. The molecule has 66 heavy (non-hydrogen) atoms. The number of esters is 3. The van der Waals surface area contributed by atoms with E-state index < -0.39 is 6.10 Å². The molecule has 0 amide bonds. The molecule has 0 saturated carbocycles. The van der Waals surface area contributed by atoms with Crippen molar-refractivity contribution in [2.75, 3.05) is 13.2 Å². The van der Waals surface area contributed by atoms with Crippen molar-refractivity contribution in [1.29, 1.82) is 0 Å². The van der Waals surface area contributed by atoms with Gasteiger partial charge in [0.2, 0.25) is 0 Å². The molecular formula is C60H102O6. The van der Waals surface area contributed by atoms with Crippen molar-refractivity contribution in [3.05, 3.63) is 85.1 Å². The normalized spacial score (nSPS) is 12.7. The third-order valence-electron chi connectivity index (χ3n) is 11.7. The van der Waals surface area contributed by atoms with E-state index in [1.807, 2.05) is 18.2 Å². The molecule has 1 atom stereocenters. The number of allylic oxidation sites excluding steroid dienone is 14. The van der Waals surface area contributed by atoms with E-state index in [-0.39, 0.29) is 31.1 Å².